The zero-order valence-corrected chi connectivity index (χ0v) is 12.5. The molecule has 0 aliphatic carbocycles. The third-order valence-corrected chi connectivity index (χ3v) is 3.21. The van der Waals surface area contributed by atoms with Crippen molar-refractivity contribution in [3.05, 3.63) is 57.8 Å². The third kappa shape index (κ3) is 3.78. The van der Waals surface area contributed by atoms with Crippen molar-refractivity contribution in [2.75, 3.05) is 0 Å². The van der Waals surface area contributed by atoms with Crippen LogP contribution in [0.2, 0.25) is 0 Å². The van der Waals surface area contributed by atoms with Gasteiger partial charge < -0.3 is 9.84 Å². The molecule has 4 heteroatoms. The highest BCUT2D eigenvalue weighted by atomic mass is 79.9. The van der Waals surface area contributed by atoms with Crippen molar-refractivity contribution in [1.82, 2.24) is 4.98 Å². The van der Waals surface area contributed by atoms with Crippen molar-refractivity contribution in [2.45, 2.75) is 26.6 Å². The van der Waals surface area contributed by atoms with Crippen molar-refractivity contribution in [1.29, 1.82) is 0 Å². The first-order chi connectivity index (χ1) is 9.06. The molecule has 0 fully saturated rings. The van der Waals surface area contributed by atoms with E-state index < -0.39 is 6.10 Å². The molecule has 19 heavy (non-hydrogen) atoms. The Morgan fingerprint density at radius 1 is 1.32 bits per heavy atom. The maximum Gasteiger partial charge on any atom is 0.125 e. The van der Waals surface area contributed by atoms with E-state index in [1.807, 2.05) is 31.2 Å². The molecule has 3 nitrogen and oxygen atoms in total. The predicted molar refractivity (Wildman–Crippen MR) is 78.1 cm³/mol. The molecule has 1 atom stereocenters. The number of aliphatic hydroxyl groups is 1. The number of nitrogens with zero attached hydrogens (tertiary/aromatic N) is 1. The molecule has 1 heterocycles. The second-order valence-corrected chi connectivity index (χ2v) is 5.43. The molecule has 0 radical (unpaired) electrons. The first-order valence-corrected chi connectivity index (χ1v) is 6.86. The molecule has 0 amide bonds. The average Bonchev–Trinajstić information content (AvgIpc) is 2.36. The molecule has 0 aliphatic rings. The van der Waals surface area contributed by atoms with E-state index >= 15 is 0 Å². The number of aryl methyl sites for hydroxylation is 1. The van der Waals surface area contributed by atoms with Crippen LogP contribution in [0.1, 0.15) is 29.7 Å². The summed E-state index contributed by atoms with van der Waals surface area (Å²) < 4.78 is 6.72. The van der Waals surface area contributed by atoms with E-state index in [1.165, 1.54) is 0 Å². The maximum atomic E-state index is 9.74. The van der Waals surface area contributed by atoms with Gasteiger partial charge in [0.05, 0.1) is 6.10 Å². The molecule has 1 N–H and O–H groups in total. The Balaban J connectivity index is 2.17. The minimum absolute atomic E-state index is 0.426. The summed E-state index contributed by atoms with van der Waals surface area (Å²) in [5.41, 5.74) is 2.88. The van der Waals surface area contributed by atoms with Gasteiger partial charge in [-0.25, -0.2) is 0 Å². The lowest BCUT2D eigenvalue weighted by atomic mass is 10.1. The van der Waals surface area contributed by atoms with E-state index in [4.69, 9.17) is 4.74 Å². The van der Waals surface area contributed by atoms with E-state index in [9.17, 15) is 5.11 Å². The van der Waals surface area contributed by atoms with Gasteiger partial charge in [0.1, 0.15) is 12.4 Å². The van der Waals surface area contributed by atoms with E-state index in [1.54, 1.807) is 19.3 Å². The van der Waals surface area contributed by atoms with Crippen LogP contribution >= 0.6 is 15.9 Å². The van der Waals surface area contributed by atoms with Crippen LogP contribution < -0.4 is 4.74 Å². The number of aliphatic hydroxyl groups excluding tert-OH is 1. The van der Waals surface area contributed by atoms with Gasteiger partial charge in [0, 0.05) is 28.0 Å². The van der Waals surface area contributed by atoms with Gasteiger partial charge in [-0.2, -0.15) is 0 Å². The summed E-state index contributed by atoms with van der Waals surface area (Å²) in [5, 5.41) is 9.74. The molecule has 1 aromatic heterocycles. The molecular weight excluding hydrogens is 306 g/mol. The molecule has 100 valence electrons. The molecule has 0 saturated heterocycles. The first kappa shape index (κ1) is 14.0. The fraction of sp³-hybridized carbons (Fsp3) is 0.267. The van der Waals surface area contributed by atoms with Crippen LogP contribution in [0.25, 0.3) is 0 Å². The summed E-state index contributed by atoms with van der Waals surface area (Å²) in [6.45, 7) is 4.16. The van der Waals surface area contributed by atoms with Crippen LogP contribution in [-0.2, 0) is 6.61 Å². The lowest BCUT2D eigenvalue weighted by molar-refractivity contribution is 0.190. The fourth-order valence-corrected chi connectivity index (χ4v) is 2.22. The highest BCUT2D eigenvalue weighted by molar-refractivity contribution is 9.10. The van der Waals surface area contributed by atoms with Gasteiger partial charge >= 0.3 is 0 Å². The van der Waals surface area contributed by atoms with Crippen molar-refractivity contribution in [2.24, 2.45) is 0 Å². The van der Waals surface area contributed by atoms with Gasteiger partial charge in [-0.15, -0.1) is 0 Å². The third-order valence-electron chi connectivity index (χ3n) is 2.78. The SMILES string of the molecule is Cc1ccc([C@@H](C)O)c(OCc2cncc(Br)c2)c1. The molecule has 0 unspecified atom stereocenters. The Hall–Kier alpha value is -1.39. The largest absolute Gasteiger partial charge is 0.488 e. The van der Waals surface area contributed by atoms with Gasteiger partial charge in [-0.3, -0.25) is 4.98 Å². The molecule has 0 saturated carbocycles. The number of rotatable bonds is 4. The van der Waals surface area contributed by atoms with Gasteiger partial charge in [0.25, 0.3) is 0 Å². The Bertz CT molecular complexity index is 570. The summed E-state index contributed by atoms with van der Waals surface area (Å²) in [7, 11) is 0. The number of pyridine rings is 1. The Morgan fingerprint density at radius 2 is 2.11 bits per heavy atom. The van der Waals surface area contributed by atoms with Crippen molar-refractivity contribution < 1.29 is 9.84 Å². The summed E-state index contributed by atoms with van der Waals surface area (Å²) in [5.74, 6) is 0.718. The molecule has 0 spiro atoms. The monoisotopic (exact) mass is 321 g/mol. The van der Waals surface area contributed by atoms with Gasteiger partial charge in [0.2, 0.25) is 0 Å². The second kappa shape index (κ2) is 6.17. The highest BCUT2D eigenvalue weighted by Crippen LogP contribution is 2.27. The van der Waals surface area contributed by atoms with E-state index in [0.717, 1.165) is 26.9 Å². The fourth-order valence-electron chi connectivity index (χ4n) is 1.81. The van der Waals surface area contributed by atoms with Crippen molar-refractivity contribution in [3.63, 3.8) is 0 Å². The second-order valence-electron chi connectivity index (χ2n) is 4.52. The molecule has 0 bridgehead atoms. The minimum atomic E-state index is -0.545. The number of hydrogen-bond acceptors (Lipinski definition) is 3. The van der Waals surface area contributed by atoms with Crippen LogP contribution in [0.5, 0.6) is 5.75 Å². The molecular formula is C15H16BrNO2. The summed E-state index contributed by atoms with van der Waals surface area (Å²) in [6, 6.07) is 7.77. The van der Waals surface area contributed by atoms with Crippen LogP contribution in [0, 0.1) is 6.92 Å². The Morgan fingerprint density at radius 3 is 2.79 bits per heavy atom. The lowest BCUT2D eigenvalue weighted by Gasteiger charge is -2.14. The van der Waals surface area contributed by atoms with Gasteiger partial charge in [-0.05, 0) is 47.5 Å². The van der Waals surface area contributed by atoms with Crippen LogP contribution in [0.3, 0.4) is 0 Å². The summed E-state index contributed by atoms with van der Waals surface area (Å²) in [4.78, 5) is 4.10. The van der Waals surface area contributed by atoms with Gasteiger partial charge in [0.15, 0.2) is 0 Å². The zero-order chi connectivity index (χ0) is 13.8. The van der Waals surface area contributed by atoms with Crippen molar-refractivity contribution >= 4 is 15.9 Å². The average molecular weight is 322 g/mol. The van der Waals surface area contributed by atoms with E-state index in [2.05, 4.69) is 20.9 Å². The number of halogens is 1. The molecule has 2 aromatic rings. The summed E-state index contributed by atoms with van der Waals surface area (Å²) >= 11 is 3.38. The number of benzene rings is 1. The summed E-state index contributed by atoms with van der Waals surface area (Å²) in [6.07, 6.45) is 2.95. The van der Waals surface area contributed by atoms with Crippen LogP contribution in [0.4, 0.5) is 0 Å². The highest BCUT2D eigenvalue weighted by Gasteiger charge is 2.09. The standard InChI is InChI=1S/C15H16BrNO2/c1-10-3-4-14(11(2)18)15(5-10)19-9-12-6-13(16)8-17-7-12/h3-8,11,18H,9H2,1-2H3/t11-/m1/s1. The van der Waals surface area contributed by atoms with Crippen LogP contribution in [0.15, 0.2) is 41.1 Å². The molecule has 0 aliphatic heterocycles. The number of ether oxygens (including phenoxy) is 1. The molecule has 2 rings (SSSR count). The topological polar surface area (TPSA) is 42.4 Å². The van der Waals surface area contributed by atoms with Gasteiger partial charge in [-0.1, -0.05) is 12.1 Å². The number of aromatic nitrogens is 1. The van der Waals surface area contributed by atoms with E-state index in [-0.39, 0.29) is 0 Å². The number of hydrogen-bond donors (Lipinski definition) is 1. The minimum Gasteiger partial charge on any atom is -0.488 e. The molecule has 1 aromatic carbocycles. The smallest absolute Gasteiger partial charge is 0.125 e. The zero-order valence-electron chi connectivity index (χ0n) is 10.9. The predicted octanol–water partition coefficient (Wildman–Crippen LogP) is 3.78. The van der Waals surface area contributed by atoms with Crippen molar-refractivity contribution in [3.8, 4) is 5.75 Å². The first-order valence-electron chi connectivity index (χ1n) is 6.07. The Labute approximate surface area is 121 Å². The Kier molecular flexibility index (Phi) is 4.56. The van der Waals surface area contributed by atoms with Crippen LogP contribution in [-0.4, -0.2) is 10.1 Å². The van der Waals surface area contributed by atoms with E-state index in [0.29, 0.717) is 6.61 Å². The maximum absolute atomic E-state index is 9.74. The quantitative estimate of drug-likeness (QED) is 0.931. The normalized spacial score (nSPS) is 12.2. The lowest BCUT2D eigenvalue weighted by Crippen LogP contribution is -2.01.